The van der Waals surface area contributed by atoms with Crippen molar-refractivity contribution in [1.29, 1.82) is 0 Å². The van der Waals surface area contributed by atoms with Gasteiger partial charge in [-0.25, -0.2) is 0 Å². The minimum absolute atomic E-state index is 0.323. The Hall–Kier alpha value is -2.57. The molecule has 2 rings (SSSR count). The molecule has 0 aliphatic rings. The Balaban J connectivity index is 2.67. The molecular weight excluding hydrogens is 252 g/mol. The summed E-state index contributed by atoms with van der Waals surface area (Å²) in [7, 11) is 2.94. The number of carboxylic acids is 1. The molecule has 0 unspecified atom stereocenters. The van der Waals surface area contributed by atoms with Crippen molar-refractivity contribution in [3.63, 3.8) is 0 Å². The maximum Gasteiger partial charge on any atom is 0.253 e. The van der Waals surface area contributed by atoms with Crippen molar-refractivity contribution in [1.82, 2.24) is 5.10 Å². The van der Waals surface area contributed by atoms with E-state index < -0.39 is 12.5 Å². The minimum Gasteiger partial charge on any atom is -0.544 e. The Bertz CT molecular complexity index is 692. The third-order valence-electron chi connectivity index (χ3n) is 2.63. The average molecular weight is 264 g/mol. The van der Waals surface area contributed by atoms with Crippen molar-refractivity contribution in [3.05, 3.63) is 28.6 Å². The van der Waals surface area contributed by atoms with Gasteiger partial charge >= 0.3 is 0 Å². The largest absolute Gasteiger partial charge is 0.544 e. The van der Waals surface area contributed by atoms with Crippen LogP contribution in [0.25, 0.3) is 10.9 Å². The molecule has 0 spiro atoms. The van der Waals surface area contributed by atoms with E-state index in [4.69, 9.17) is 9.47 Å². The third kappa shape index (κ3) is 2.49. The summed E-state index contributed by atoms with van der Waals surface area (Å²) >= 11 is 0. The first-order valence-electron chi connectivity index (χ1n) is 5.43. The number of ether oxygens (including phenoxy) is 2. The second kappa shape index (κ2) is 4.97. The molecule has 0 amide bonds. The quantitative estimate of drug-likeness (QED) is 0.684. The van der Waals surface area contributed by atoms with Gasteiger partial charge in [0.2, 0.25) is 12.7 Å². The molecule has 0 saturated heterocycles. The Morgan fingerprint density at radius 3 is 2.53 bits per heavy atom. The van der Waals surface area contributed by atoms with Crippen LogP contribution in [0.1, 0.15) is 0 Å². The zero-order valence-corrected chi connectivity index (χ0v) is 10.4. The number of carbonyl (C=O) groups excluding carboxylic acids is 1. The number of aromatic nitrogens is 2. The van der Waals surface area contributed by atoms with Crippen molar-refractivity contribution in [2.24, 2.45) is 0 Å². The number of rotatable bonds is 4. The lowest BCUT2D eigenvalue weighted by Crippen LogP contribution is -2.48. The van der Waals surface area contributed by atoms with Crippen molar-refractivity contribution in [3.8, 4) is 11.5 Å². The van der Waals surface area contributed by atoms with E-state index in [1.807, 2.05) is 0 Å². The number of aromatic amines is 1. The summed E-state index contributed by atoms with van der Waals surface area (Å²) in [4.78, 5) is 22.4. The fourth-order valence-electron chi connectivity index (χ4n) is 1.80. The highest BCUT2D eigenvalue weighted by atomic mass is 16.5. The Labute approximate surface area is 108 Å². The molecule has 0 aliphatic carbocycles. The normalized spacial score (nSPS) is 10.4. The molecule has 2 aromatic rings. The lowest BCUT2D eigenvalue weighted by molar-refractivity contribution is -0.745. The number of methoxy groups -OCH3 is 2. The second-order valence-corrected chi connectivity index (χ2v) is 3.86. The molecule has 0 atom stereocenters. The van der Waals surface area contributed by atoms with Gasteiger partial charge in [-0.1, -0.05) is 0 Å². The Kier molecular flexibility index (Phi) is 3.37. The number of hydrogen-bond donors (Lipinski definition) is 1. The van der Waals surface area contributed by atoms with E-state index in [1.165, 1.54) is 20.3 Å². The first kappa shape index (κ1) is 12.9. The van der Waals surface area contributed by atoms with Crippen LogP contribution in [0, 0.1) is 0 Å². The lowest BCUT2D eigenvalue weighted by Gasteiger charge is -2.08. The monoisotopic (exact) mass is 264 g/mol. The fourth-order valence-corrected chi connectivity index (χ4v) is 1.80. The Morgan fingerprint density at radius 1 is 1.32 bits per heavy atom. The summed E-state index contributed by atoms with van der Waals surface area (Å²) in [5.41, 5.74) is 0.127. The van der Waals surface area contributed by atoms with Gasteiger partial charge in [-0.05, 0) is 6.07 Å². The van der Waals surface area contributed by atoms with Crippen LogP contribution < -0.4 is 24.7 Å². The van der Waals surface area contributed by atoms with Crippen molar-refractivity contribution >= 4 is 16.9 Å². The van der Waals surface area contributed by atoms with E-state index in [1.54, 1.807) is 6.07 Å². The second-order valence-electron chi connectivity index (χ2n) is 3.86. The molecule has 1 heterocycles. The highest BCUT2D eigenvalue weighted by Gasteiger charge is 2.13. The van der Waals surface area contributed by atoms with Crippen LogP contribution in [0.3, 0.4) is 0 Å². The summed E-state index contributed by atoms with van der Waals surface area (Å²) < 4.78 is 11.4. The number of fused-ring (bicyclic) bond motifs is 1. The summed E-state index contributed by atoms with van der Waals surface area (Å²) in [6.45, 7) is -0.431. The molecule has 1 aromatic heterocycles. The number of aliphatic carboxylic acids is 1. The molecule has 0 saturated carbocycles. The van der Waals surface area contributed by atoms with E-state index >= 15 is 0 Å². The SMILES string of the molecule is COc1cc2[nH][n+](CC(=O)[O-])cc(=O)c2cc1OC. The number of benzene rings is 1. The van der Waals surface area contributed by atoms with Gasteiger partial charge in [0.15, 0.2) is 11.5 Å². The van der Waals surface area contributed by atoms with Crippen LogP contribution in [0.5, 0.6) is 11.5 Å². The minimum atomic E-state index is -1.29. The van der Waals surface area contributed by atoms with Crippen LogP contribution in [-0.4, -0.2) is 25.3 Å². The van der Waals surface area contributed by atoms with Gasteiger partial charge < -0.3 is 19.4 Å². The Morgan fingerprint density at radius 2 is 1.95 bits per heavy atom. The number of hydrogen-bond acceptors (Lipinski definition) is 5. The highest BCUT2D eigenvalue weighted by molar-refractivity contribution is 5.81. The van der Waals surface area contributed by atoms with Crippen molar-refractivity contribution in [2.45, 2.75) is 6.54 Å². The molecule has 1 N–H and O–H groups in total. The summed E-state index contributed by atoms with van der Waals surface area (Å²) in [5, 5.41) is 13.7. The molecule has 0 bridgehead atoms. The molecule has 0 fully saturated rings. The molecule has 0 radical (unpaired) electrons. The maximum absolute atomic E-state index is 11.9. The van der Waals surface area contributed by atoms with Crippen LogP contribution in [0.2, 0.25) is 0 Å². The van der Waals surface area contributed by atoms with E-state index in [0.29, 0.717) is 22.4 Å². The first-order valence-corrected chi connectivity index (χ1v) is 5.43. The topological polar surface area (TPSA) is 95.3 Å². The summed E-state index contributed by atoms with van der Waals surface area (Å²) in [6.07, 6.45) is 1.16. The van der Waals surface area contributed by atoms with Gasteiger partial charge in [-0.3, -0.25) is 4.79 Å². The molecule has 1 aromatic carbocycles. The van der Waals surface area contributed by atoms with Gasteiger partial charge in [0.05, 0.1) is 19.6 Å². The van der Waals surface area contributed by atoms with E-state index in [-0.39, 0.29) is 5.43 Å². The van der Waals surface area contributed by atoms with Gasteiger partial charge in [0.25, 0.3) is 5.43 Å². The number of carboxylic acid groups (broad SMARTS) is 1. The molecule has 19 heavy (non-hydrogen) atoms. The zero-order chi connectivity index (χ0) is 14.0. The third-order valence-corrected chi connectivity index (χ3v) is 2.63. The van der Waals surface area contributed by atoms with Crippen LogP contribution in [0.15, 0.2) is 23.1 Å². The first-order chi connectivity index (χ1) is 9.05. The molecule has 7 nitrogen and oxygen atoms in total. The maximum atomic E-state index is 11.9. The smallest absolute Gasteiger partial charge is 0.253 e. The van der Waals surface area contributed by atoms with Crippen molar-refractivity contribution < 1.29 is 24.1 Å². The van der Waals surface area contributed by atoms with Crippen LogP contribution >= 0.6 is 0 Å². The molecular formula is C12H12N2O5. The van der Waals surface area contributed by atoms with Gasteiger partial charge in [-0.2, -0.15) is 5.10 Å². The predicted molar refractivity (Wildman–Crippen MR) is 62.9 cm³/mol. The molecule has 0 aliphatic heterocycles. The number of nitrogens with one attached hydrogen (secondary N) is 1. The van der Waals surface area contributed by atoms with E-state index in [0.717, 1.165) is 10.9 Å². The number of nitrogens with zero attached hydrogens (tertiary/aromatic N) is 1. The summed E-state index contributed by atoms with van der Waals surface area (Å²) in [5.74, 6) is -0.421. The standard InChI is InChI=1S/C12H12N2O5/c1-18-10-3-7-8(4-11(10)19-2)13-14(5-9(7)15)6-12(16)17/h3-5H,6H2,1-2H3,(H-,13,15,16,17). The van der Waals surface area contributed by atoms with Crippen LogP contribution in [0.4, 0.5) is 0 Å². The average Bonchev–Trinajstić information content (AvgIpc) is 2.36. The van der Waals surface area contributed by atoms with Gasteiger partial charge in [0, 0.05) is 6.07 Å². The van der Waals surface area contributed by atoms with E-state index in [2.05, 4.69) is 5.10 Å². The van der Waals surface area contributed by atoms with Crippen molar-refractivity contribution in [2.75, 3.05) is 14.2 Å². The lowest BCUT2D eigenvalue weighted by atomic mass is 10.2. The number of H-pyrrole nitrogens is 1. The molecule has 100 valence electrons. The summed E-state index contributed by atoms with van der Waals surface area (Å²) in [6, 6.07) is 3.11. The molecule has 7 heteroatoms. The van der Waals surface area contributed by atoms with Crippen LogP contribution in [-0.2, 0) is 11.3 Å². The zero-order valence-electron chi connectivity index (χ0n) is 10.4. The van der Waals surface area contributed by atoms with Gasteiger partial charge in [-0.15, -0.1) is 4.68 Å². The fraction of sp³-hybridized carbons (Fsp3) is 0.250. The van der Waals surface area contributed by atoms with Gasteiger partial charge in [0.1, 0.15) is 11.5 Å². The number of carbonyl (C=O) groups is 1. The predicted octanol–water partition coefficient (Wildman–Crippen LogP) is -1.42. The highest BCUT2D eigenvalue weighted by Crippen LogP contribution is 2.29. The van der Waals surface area contributed by atoms with E-state index in [9.17, 15) is 14.7 Å².